The minimum atomic E-state index is -4.81. The average molecular weight is 512 g/mol. The fraction of sp³-hybridized carbons (Fsp3) is 0.348. The van der Waals surface area contributed by atoms with Gasteiger partial charge in [-0.2, -0.15) is 17.6 Å². The van der Waals surface area contributed by atoms with Gasteiger partial charge in [0, 0.05) is 17.4 Å². The zero-order valence-electron chi connectivity index (χ0n) is 19.2. The summed E-state index contributed by atoms with van der Waals surface area (Å²) in [6.45, 7) is 2.19. The summed E-state index contributed by atoms with van der Waals surface area (Å²) in [5.41, 5.74) is -1.71. The van der Waals surface area contributed by atoms with Crippen LogP contribution >= 0.6 is 0 Å². The molecule has 4 rings (SSSR count). The molecule has 0 radical (unpaired) electrons. The second-order valence-electron chi connectivity index (χ2n) is 8.50. The first-order valence-electron chi connectivity index (χ1n) is 10.7. The quantitative estimate of drug-likeness (QED) is 0.312. The molecule has 0 saturated carbocycles. The van der Waals surface area contributed by atoms with Crippen LogP contribution in [0.3, 0.4) is 0 Å². The molecular formula is C23H21F5N4O4. The summed E-state index contributed by atoms with van der Waals surface area (Å²) < 4.78 is 81.6. The first-order valence-corrected chi connectivity index (χ1v) is 10.7. The van der Waals surface area contributed by atoms with Gasteiger partial charge in [0.05, 0.1) is 29.5 Å². The molecule has 1 aliphatic heterocycles. The van der Waals surface area contributed by atoms with Crippen LogP contribution in [0.2, 0.25) is 0 Å². The Morgan fingerprint density at radius 2 is 1.78 bits per heavy atom. The number of amides is 2. The van der Waals surface area contributed by atoms with Crippen molar-refractivity contribution < 1.29 is 41.0 Å². The fourth-order valence-corrected chi connectivity index (χ4v) is 4.63. The Hall–Kier alpha value is -3.74. The van der Waals surface area contributed by atoms with Crippen molar-refractivity contribution >= 4 is 35.2 Å². The van der Waals surface area contributed by atoms with Gasteiger partial charge in [0.15, 0.2) is 17.2 Å². The van der Waals surface area contributed by atoms with Crippen molar-refractivity contribution in [1.82, 2.24) is 9.97 Å². The molecule has 1 aromatic heterocycles. The van der Waals surface area contributed by atoms with E-state index in [1.807, 2.05) is 0 Å². The molecule has 0 spiro atoms. The highest BCUT2D eigenvalue weighted by atomic mass is 19.4. The molecule has 1 aliphatic rings. The third kappa shape index (κ3) is 3.92. The van der Waals surface area contributed by atoms with E-state index >= 15 is 0 Å². The number of benzene rings is 2. The molecule has 2 aromatic carbocycles. The Morgan fingerprint density at radius 3 is 2.36 bits per heavy atom. The van der Waals surface area contributed by atoms with Crippen molar-refractivity contribution in [3.05, 3.63) is 47.3 Å². The van der Waals surface area contributed by atoms with Gasteiger partial charge in [-0.15, -0.1) is 0 Å². The van der Waals surface area contributed by atoms with E-state index in [0.717, 1.165) is 26.2 Å². The third-order valence-corrected chi connectivity index (χ3v) is 6.65. The summed E-state index contributed by atoms with van der Waals surface area (Å²) in [6.07, 6.45) is -5.41. The van der Waals surface area contributed by atoms with Gasteiger partial charge < -0.3 is 25.1 Å². The number of nitrogens with zero attached hydrogens (tertiary/aromatic N) is 1. The fourth-order valence-electron chi connectivity index (χ4n) is 4.63. The Kier molecular flexibility index (Phi) is 6.37. The van der Waals surface area contributed by atoms with E-state index in [1.165, 1.54) is 19.1 Å². The number of aromatic amines is 1. The summed E-state index contributed by atoms with van der Waals surface area (Å²) in [7, 11) is 1.09. The highest BCUT2D eigenvalue weighted by Crippen LogP contribution is 2.59. The number of hydrogen-bond acceptors (Lipinski definition) is 5. The largest absolute Gasteiger partial charge is 0.493 e. The Morgan fingerprint density at radius 1 is 1.14 bits per heavy atom. The lowest BCUT2D eigenvalue weighted by Gasteiger charge is -2.32. The molecule has 0 bridgehead atoms. The van der Waals surface area contributed by atoms with Crippen LogP contribution in [0.25, 0.3) is 11.0 Å². The number of hydrogen-bond donors (Lipinski definition) is 3. The number of carbonyl (C=O) groups is 2. The van der Waals surface area contributed by atoms with Gasteiger partial charge in [-0.05, 0) is 25.1 Å². The van der Waals surface area contributed by atoms with Crippen molar-refractivity contribution in [2.45, 2.75) is 37.6 Å². The molecule has 2 heterocycles. The Labute approximate surface area is 201 Å². The maximum absolute atomic E-state index is 14.5. The predicted octanol–water partition coefficient (Wildman–Crippen LogP) is 4.80. The second-order valence-corrected chi connectivity index (χ2v) is 8.50. The van der Waals surface area contributed by atoms with E-state index in [4.69, 9.17) is 9.47 Å². The first-order chi connectivity index (χ1) is 17.0. The second kappa shape index (κ2) is 9.04. The molecule has 1 fully saturated rings. The lowest BCUT2D eigenvalue weighted by Crippen LogP contribution is -2.46. The first kappa shape index (κ1) is 25.4. The van der Waals surface area contributed by atoms with Gasteiger partial charge in [-0.1, -0.05) is 13.0 Å². The number of halogens is 5. The van der Waals surface area contributed by atoms with E-state index in [-0.39, 0.29) is 28.3 Å². The van der Waals surface area contributed by atoms with Crippen molar-refractivity contribution in [1.29, 1.82) is 0 Å². The van der Waals surface area contributed by atoms with E-state index in [2.05, 4.69) is 20.6 Å². The number of aromatic nitrogens is 2. The van der Waals surface area contributed by atoms with E-state index < -0.39 is 47.1 Å². The normalized spacial score (nSPS) is 24.1. The summed E-state index contributed by atoms with van der Waals surface area (Å²) in [4.78, 5) is 29.1. The van der Waals surface area contributed by atoms with Crippen molar-refractivity contribution in [2.75, 3.05) is 17.7 Å². The third-order valence-electron chi connectivity index (χ3n) is 6.65. The standard InChI is InChI=1S/C23H21F5N4O4/c1-10-17(11-4-5-12(24)18(25)19(11)35-3)20(36-22(10,2)23(26,27)28)21-31-15-6-13(29-8-33)14(30-9-34)7-16(15)32-21/h4-10,17,20H,1-3H3,(H,29,33)(H,30,34)(H,31,32)/t10-,17-,20+,22+/m0/s1. The van der Waals surface area contributed by atoms with Gasteiger partial charge in [0.25, 0.3) is 0 Å². The zero-order chi connectivity index (χ0) is 26.4. The molecule has 8 nitrogen and oxygen atoms in total. The summed E-state index contributed by atoms with van der Waals surface area (Å²) >= 11 is 0. The van der Waals surface area contributed by atoms with Crippen molar-refractivity contribution in [2.24, 2.45) is 5.92 Å². The number of ether oxygens (including phenoxy) is 2. The average Bonchev–Trinajstić information content (AvgIpc) is 3.34. The van der Waals surface area contributed by atoms with Crippen LogP contribution < -0.4 is 15.4 Å². The van der Waals surface area contributed by atoms with Crippen LogP contribution in [0.5, 0.6) is 5.75 Å². The molecule has 1 saturated heterocycles. The molecule has 13 heteroatoms. The van der Waals surface area contributed by atoms with Crippen molar-refractivity contribution in [3.63, 3.8) is 0 Å². The van der Waals surface area contributed by atoms with Gasteiger partial charge in [0.1, 0.15) is 11.9 Å². The highest BCUT2D eigenvalue weighted by molar-refractivity contribution is 5.94. The maximum atomic E-state index is 14.5. The number of fused-ring (bicyclic) bond motifs is 1. The monoisotopic (exact) mass is 512 g/mol. The number of H-pyrrole nitrogens is 1. The van der Waals surface area contributed by atoms with Crippen LogP contribution in [0.1, 0.15) is 37.3 Å². The molecule has 4 atom stereocenters. The molecule has 0 aliphatic carbocycles. The number of nitrogens with one attached hydrogen (secondary N) is 3. The Bertz CT molecular complexity index is 1280. The molecule has 0 unspecified atom stereocenters. The molecule has 3 N–H and O–H groups in total. The number of methoxy groups -OCH3 is 1. The zero-order valence-corrected chi connectivity index (χ0v) is 19.2. The molecule has 36 heavy (non-hydrogen) atoms. The van der Waals surface area contributed by atoms with Crippen LogP contribution in [0, 0.1) is 17.6 Å². The summed E-state index contributed by atoms with van der Waals surface area (Å²) in [5, 5.41) is 4.81. The minimum Gasteiger partial charge on any atom is -0.493 e. The molecule has 192 valence electrons. The molecule has 3 aromatic rings. The van der Waals surface area contributed by atoms with Gasteiger partial charge >= 0.3 is 6.18 Å². The topological polar surface area (TPSA) is 105 Å². The number of anilines is 2. The van der Waals surface area contributed by atoms with E-state index in [9.17, 15) is 31.5 Å². The predicted molar refractivity (Wildman–Crippen MR) is 119 cm³/mol. The van der Waals surface area contributed by atoms with Gasteiger partial charge in [-0.3, -0.25) is 9.59 Å². The number of rotatable bonds is 7. The molecular weight excluding hydrogens is 491 g/mol. The van der Waals surface area contributed by atoms with Crippen molar-refractivity contribution in [3.8, 4) is 5.75 Å². The van der Waals surface area contributed by atoms with Gasteiger partial charge in [-0.25, -0.2) is 9.37 Å². The highest BCUT2D eigenvalue weighted by Gasteiger charge is 2.65. The summed E-state index contributed by atoms with van der Waals surface area (Å²) in [5.74, 6) is -5.52. The van der Waals surface area contributed by atoms with Crippen LogP contribution in [0.15, 0.2) is 24.3 Å². The molecule has 2 amide bonds. The lowest BCUT2D eigenvalue weighted by molar-refractivity contribution is -0.275. The SMILES string of the molecule is COc1c([C@H]2[C@H](c3nc4cc(NC=O)c(NC=O)cc4[nH]3)O[C@@](C)(C(F)(F)F)[C@H]2C)ccc(F)c1F. The van der Waals surface area contributed by atoms with Crippen LogP contribution in [-0.4, -0.2) is 41.7 Å². The number of alkyl halides is 3. The smallest absolute Gasteiger partial charge is 0.417 e. The maximum Gasteiger partial charge on any atom is 0.417 e. The Balaban J connectivity index is 1.91. The van der Waals surface area contributed by atoms with Crippen LogP contribution in [0.4, 0.5) is 33.3 Å². The minimum absolute atomic E-state index is 0.0195. The van der Waals surface area contributed by atoms with Gasteiger partial charge in [0.2, 0.25) is 18.6 Å². The number of carbonyl (C=O) groups excluding carboxylic acids is 2. The van der Waals surface area contributed by atoms with E-state index in [1.54, 1.807) is 0 Å². The summed E-state index contributed by atoms with van der Waals surface area (Å²) in [6, 6.07) is 4.82. The van der Waals surface area contributed by atoms with E-state index in [0.29, 0.717) is 18.3 Å². The number of imidazole rings is 1. The lowest BCUT2D eigenvalue weighted by atomic mass is 9.77. The van der Waals surface area contributed by atoms with Crippen LogP contribution in [-0.2, 0) is 14.3 Å².